The molecular weight excluding hydrogens is 182 g/mol. The van der Waals surface area contributed by atoms with Crippen LogP contribution in [0.4, 0.5) is 0 Å². The first-order valence-corrected chi connectivity index (χ1v) is 5.22. The summed E-state index contributed by atoms with van der Waals surface area (Å²) < 4.78 is 4.68. The van der Waals surface area contributed by atoms with Crippen LogP contribution in [0.25, 0.3) is 0 Å². The van der Waals surface area contributed by atoms with Gasteiger partial charge in [-0.25, -0.2) is 0 Å². The van der Waals surface area contributed by atoms with E-state index in [2.05, 4.69) is 4.74 Å². The fraction of sp³-hybridized carbons (Fsp3) is 0.900. The van der Waals surface area contributed by atoms with Crippen LogP contribution in [0.1, 0.15) is 19.3 Å². The van der Waals surface area contributed by atoms with E-state index >= 15 is 0 Å². The second-order valence-electron chi connectivity index (χ2n) is 4.23. The van der Waals surface area contributed by atoms with Crippen molar-refractivity contribution >= 4 is 5.97 Å². The van der Waals surface area contributed by atoms with Gasteiger partial charge in [-0.15, -0.1) is 0 Å². The fourth-order valence-electron chi connectivity index (χ4n) is 1.93. The van der Waals surface area contributed by atoms with Crippen LogP contribution in [-0.2, 0) is 9.53 Å². The van der Waals surface area contributed by atoms with E-state index in [1.165, 1.54) is 7.11 Å². The third-order valence-corrected chi connectivity index (χ3v) is 3.19. The average molecular weight is 199 g/mol. The van der Waals surface area contributed by atoms with Gasteiger partial charge in [0.2, 0.25) is 0 Å². The number of esters is 1. The second kappa shape index (κ2) is 3.87. The Labute approximate surface area is 83.8 Å². The van der Waals surface area contributed by atoms with Crippen LogP contribution in [0.3, 0.4) is 0 Å². The molecule has 1 aliphatic heterocycles. The molecule has 2 unspecified atom stereocenters. The number of ether oxygens (including phenoxy) is 1. The number of carbonyl (C=O) groups is 1. The lowest BCUT2D eigenvalue weighted by molar-refractivity contribution is -0.152. The zero-order valence-electron chi connectivity index (χ0n) is 8.48. The largest absolute Gasteiger partial charge is 0.468 e. The molecule has 0 aromatic rings. The van der Waals surface area contributed by atoms with Gasteiger partial charge in [0.05, 0.1) is 13.2 Å². The molecule has 0 spiro atoms. The predicted octanol–water partition coefficient (Wildman–Crippen LogP) is 0.00460. The Kier molecular flexibility index (Phi) is 2.74. The highest BCUT2D eigenvalue weighted by Crippen LogP contribution is 2.34. The number of carbonyl (C=O) groups excluding carboxylic acids is 1. The van der Waals surface area contributed by atoms with E-state index in [4.69, 9.17) is 0 Å². The molecule has 0 amide bonds. The summed E-state index contributed by atoms with van der Waals surface area (Å²) in [4.78, 5) is 13.2. The molecule has 4 heteroatoms. The lowest BCUT2D eigenvalue weighted by Gasteiger charge is -2.39. The van der Waals surface area contributed by atoms with Crippen LogP contribution in [0, 0.1) is 5.92 Å². The normalized spacial score (nSPS) is 29.4. The van der Waals surface area contributed by atoms with Gasteiger partial charge in [-0.2, -0.15) is 0 Å². The fourth-order valence-corrected chi connectivity index (χ4v) is 1.93. The molecule has 4 nitrogen and oxygen atoms in total. The quantitative estimate of drug-likeness (QED) is 0.648. The molecule has 1 heterocycles. The number of hydrogen-bond acceptors (Lipinski definition) is 4. The summed E-state index contributed by atoms with van der Waals surface area (Å²) in [6.07, 6.45) is 2.89. The number of likely N-dealkylation sites (tertiary alicyclic amines) is 1. The molecule has 2 fully saturated rings. The molecule has 2 aliphatic rings. The highest BCUT2D eigenvalue weighted by atomic mass is 16.5. The Hall–Kier alpha value is -0.610. The lowest BCUT2D eigenvalue weighted by Crippen LogP contribution is -2.55. The molecule has 0 bridgehead atoms. The van der Waals surface area contributed by atoms with E-state index in [0.717, 1.165) is 25.8 Å². The van der Waals surface area contributed by atoms with E-state index in [9.17, 15) is 9.90 Å². The molecule has 1 N–H and O–H groups in total. The Bertz CT molecular complexity index is 227. The first kappa shape index (κ1) is 9.93. The van der Waals surface area contributed by atoms with Gasteiger partial charge >= 0.3 is 5.97 Å². The number of aliphatic hydroxyl groups is 1. The van der Waals surface area contributed by atoms with Crippen molar-refractivity contribution in [2.75, 3.05) is 20.2 Å². The molecule has 2 rings (SSSR count). The third-order valence-electron chi connectivity index (χ3n) is 3.19. The van der Waals surface area contributed by atoms with Gasteiger partial charge in [-0.1, -0.05) is 0 Å². The maximum Gasteiger partial charge on any atom is 0.323 e. The molecule has 14 heavy (non-hydrogen) atoms. The van der Waals surface area contributed by atoms with E-state index in [1.54, 1.807) is 0 Å². The molecule has 1 aliphatic carbocycles. The first-order chi connectivity index (χ1) is 6.72. The van der Waals surface area contributed by atoms with Gasteiger partial charge in [0, 0.05) is 13.1 Å². The third kappa shape index (κ3) is 1.91. The standard InChI is InChI=1S/C10H17NO3/c1-14-10(13)8-4-5-11(8)6-9(12)7-2-3-7/h7-9,12H,2-6H2,1H3. The highest BCUT2D eigenvalue weighted by Gasteiger charge is 2.39. The monoisotopic (exact) mass is 199 g/mol. The second-order valence-corrected chi connectivity index (χ2v) is 4.23. The lowest BCUT2D eigenvalue weighted by atomic mass is 10.0. The summed E-state index contributed by atoms with van der Waals surface area (Å²) in [5, 5.41) is 9.70. The minimum Gasteiger partial charge on any atom is -0.468 e. The van der Waals surface area contributed by atoms with Gasteiger partial charge in [0.1, 0.15) is 6.04 Å². The van der Waals surface area contributed by atoms with Crippen LogP contribution >= 0.6 is 0 Å². The molecule has 2 atom stereocenters. The van der Waals surface area contributed by atoms with E-state index in [1.807, 2.05) is 4.90 Å². The summed E-state index contributed by atoms with van der Waals surface area (Å²) in [6.45, 7) is 1.54. The van der Waals surface area contributed by atoms with E-state index in [0.29, 0.717) is 12.5 Å². The molecule has 0 aromatic heterocycles. The molecule has 1 saturated heterocycles. The number of β-amino-alcohol motifs (C(OH)–C–C–N with tert-alkyl or cyclic N) is 1. The van der Waals surface area contributed by atoms with Crippen LogP contribution in [0.2, 0.25) is 0 Å². The Morgan fingerprint density at radius 1 is 1.57 bits per heavy atom. The minimum atomic E-state index is -0.248. The van der Waals surface area contributed by atoms with Crippen molar-refractivity contribution in [2.24, 2.45) is 5.92 Å². The summed E-state index contributed by atoms with van der Waals surface area (Å²) in [5.41, 5.74) is 0. The van der Waals surface area contributed by atoms with Crippen LogP contribution in [0.5, 0.6) is 0 Å². The zero-order valence-corrected chi connectivity index (χ0v) is 8.48. The van der Waals surface area contributed by atoms with Crippen molar-refractivity contribution < 1.29 is 14.6 Å². The van der Waals surface area contributed by atoms with Gasteiger partial charge in [-0.05, 0) is 25.2 Å². The van der Waals surface area contributed by atoms with E-state index < -0.39 is 0 Å². The molecule has 1 saturated carbocycles. The number of nitrogens with zero attached hydrogens (tertiary/aromatic N) is 1. The minimum absolute atomic E-state index is 0.103. The number of aliphatic hydroxyl groups excluding tert-OH is 1. The summed E-state index contributed by atoms with van der Waals surface area (Å²) in [6, 6.07) is -0.103. The number of rotatable bonds is 4. The van der Waals surface area contributed by atoms with Gasteiger partial charge < -0.3 is 9.84 Å². The Morgan fingerprint density at radius 2 is 2.29 bits per heavy atom. The molecule has 0 aromatic carbocycles. The first-order valence-electron chi connectivity index (χ1n) is 5.22. The van der Waals surface area contributed by atoms with Gasteiger partial charge in [0.15, 0.2) is 0 Å². The van der Waals surface area contributed by atoms with Crippen LogP contribution < -0.4 is 0 Å². The summed E-state index contributed by atoms with van der Waals surface area (Å²) in [5.74, 6) is 0.313. The summed E-state index contributed by atoms with van der Waals surface area (Å²) in [7, 11) is 1.41. The maximum absolute atomic E-state index is 11.2. The van der Waals surface area contributed by atoms with Gasteiger partial charge in [-0.3, -0.25) is 9.69 Å². The molecular formula is C10H17NO3. The van der Waals surface area contributed by atoms with Crippen LogP contribution in [-0.4, -0.2) is 48.3 Å². The smallest absolute Gasteiger partial charge is 0.323 e. The van der Waals surface area contributed by atoms with Crippen LogP contribution in [0.15, 0.2) is 0 Å². The average Bonchev–Trinajstić information content (AvgIpc) is 2.94. The van der Waals surface area contributed by atoms with Crippen molar-refractivity contribution in [3.63, 3.8) is 0 Å². The summed E-state index contributed by atoms with van der Waals surface area (Å²) >= 11 is 0. The topological polar surface area (TPSA) is 49.8 Å². The number of methoxy groups -OCH3 is 1. The van der Waals surface area contributed by atoms with Crippen molar-refractivity contribution in [1.29, 1.82) is 0 Å². The van der Waals surface area contributed by atoms with Crippen molar-refractivity contribution in [3.8, 4) is 0 Å². The molecule has 0 radical (unpaired) electrons. The number of hydrogen-bond donors (Lipinski definition) is 1. The van der Waals surface area contributed by atoms with E-state index in [-0.39, 0.29) is 18.1 Å². The maximum atomic E-state index is 11.2. The van der Waals surface area contributed by atoms with Crippen molar-refractivity contribution in [2.45, 2.75) is 31.4 Å². The Balaban J connectivity index is 1.77. The Morgan fingerprint density at radius 3 is 2.71 bits per heavy atom. The van der Waals surface area contributed by atoms with Crippen molar-refractivity contribution in [3.05, 3.63) is 0 Å². The highest BCUT2D eigenvalue weighted by molar-refractivity contribution is 5.76. The molecule has 80 valence electrons. The zero-order chi connectivity index (χ0) is 10.1. The SMILES string of the molecule is COC(=O)C1CCN1CC(O)C1CC1. The predicted molar refractivity (Wildman–Crippen MR) is 50.7 cm³/mol. The van der Waals surface area contributed by atoms with Crippen molar-refractivity contribution in [1.82, 2.24) is 4.90 Å². The van der Waals surface area contributed by atoms with Gasteiger partial charge in [0.25, 0.3) is 0 Å².